The van der Waals surface area contributed by atoms with Gasteiger partial charge >= 0.3 is 5.97 Å². The molecule has 132 valence electrons. The lowest BCUT2D eigenvalue weighted by molar-refractivity contribution is -0.167. The van der Waals surface area contributed by atoms with Gasteiger partial charge < -0.3 is 14.8 Å². The fourth-order valence-electron chi connectivity index (χ4n) is 3.17. The maximum Gasteiger partial charge on any atom is 0.314 e. The smallest absolute Gasteiger partial charge is 0.314 e. The van der Waals surface area contributed by atoms with Gasteiger partial charge in [0.15, 0.2) is 0 Å². The largest absolute Gasteiger partial charge is 0.460 e. The first kappa shape index (κ1) is 18.7. The molecule has 1 saturated heterocycles. The molecule has 0 aromatic heterocycles. The van der Waals surface area contributed by atoms with Crippen LogP contribution in [-0.4, -0.2) is 29.3 Å². The molecule has 1 unspecified atom stereocenters. The molecule has 1 aliphatic heterocycles. The van der Waals surface area contributed by atoms with E-state index in [1.165, 1.54) is 0 Å². The SMILES string of the molecule is C=C[C@H]1NC(C)(C)C(C(=O)OC(C)(C)C)[C@H]1OCc1ccccc1. The highest BCUT2D eigenvalue weighted by molar-refractivity contribution is 5.76. The van der Waals surface area contributed by atoms with E-state index in [9.17, 15) is 4.79 Å². The van der Waals surface area contributed by atoms with Crippen LogP contribution in [0, 0.1) is 5.92 Å². The lowest BCUT2D eigenvalue weighted by Gasteiger charge is -2.31. The van der Waals surface area contributed by atoms with Gasteiger partial charge in [0, 0.05) is 5.54 Å². The zero-order valence-electron chi connectivity index (χ0n) is 15.3. The molecule has 1 N–H and O–H groups in total. The molecule has 1 heterocycles. The summed E-state index contributed by atoms with van der Waals surface area (Å²) in [6, 6.07) is 9.86. The zero-order chi connectivity index (χ0) is 18.0. The number of esters is 1. The lowest BCUT2D eigenvalue weighted by atomic mass is 9.86. The molecule has 1 aromatic carbocycles. The van der Waals surface area contributed by atoms with Gasteiger partial charge in [-0.3, -0.25) is 4.79 Å². The van der Waals surface area contributed by atoms with Crippen LogP contribution in [0.4, 0.5) is 0 Å². The number of rotatable bonds is 5. The number of benzene rings is 1. The maximum atomic E-state index is 12.8. The van der Waals surface area contributed by atoms with Crippen molar-refractivity contribution < 1.29 is 14.3 Å². The number of nitrogens with one attached hydrogen (secondary N) is 1. The second-order valence-corrected chi connectivity index (χ2v) is 7.90. The fraction of sp³-hybridized carbons (Fsp3) is 0.550. The van der Waals surface area contributed by atoms with Gasteiger partial charge in [0.2, 0.25) is 0 Å². The monoisotopic (exact) mass is 331 g/mol. The van der Waals surface area contributed by atoms with Gasteiger partial charge in [-0.1, -0.05) is 36.4 Å². The molecule has 0 bridgehead atoms. The van der Waals surface area contributed by atoms with Crippen LogP contribution in [0.2, 0.25) is 0 Å². The topological polar surface area (TPSA) is 47.6 Å². The number of hydrogen-bond donors (Lipinski definition) is 1. The van der Waals surface area contributed by atoms with Crippen LogP contribution in [0.1, 0.15) is 40.2 Å². The van der Waals surface area contributed by atoms with Gasteiger partial charge in [0.05, 0.1) is 18.8 Å². The number of ether oxygens (including phenoxy) is 2. The van der Waals surface area contributed by atoms with E-state index in [0.29, 0.717) is 6.61 Å². The van der Waals surface area contributed by atoms with Gasteiger partial charge in [-0.05, 0) is 40.2 Å². The van der Waals surface area contributed by atoms with Crippen molar-refractivity contribution >= 4 is 5.97 Å². The highest BCUT2D eigenvalue weighted by Gasteiger charge is 2.52. The molecule has 2 rings (SSSR count). The molecule has 0 amide bonds. The molecule has 0 spiro atoms. The summed E-state index contributed by atoms with van der Waals surface area (Å²) >= 11 is 0. The van der Waals surface area contributed by atoms with Crippen LogP contribution in [0.25, 0.3) is 0 Å². The Hall–Kier alpha value is -1.65. The molecule has 4 heteroatoms. The Balaban J connectivity index is 2.19. The number of hydrogen-bond acceptors (Lipinski definition) is 4. The molecule has 1 aliphatic rings. The summed E-state index contributed by atoms with van der Waals surface area (Å²) in [5.74, 6) is -0.633. The second-order valence-electron chi connectivity index (χ2n) is 7.90. The van der Waals surface area contributed by atoms with Crippen LogP contribution >= 0.6 is 0 Å². The molecule has 4 nitrogen and oxygen atoms in total. The van der Waals surface area contributed by atoms with Crippen molar-refractivity contribution in [3.8, 4) is 0 Å². The van der Waals surface area contributed by atoms with Gasteiger partial charge in [-0.25, -0.2) is 0 Å². The Kier molecular flexibility index (Phi) is 5.51. The first-order valence-corrected chi connectivity index (χ1v) is 8.43. The normalized spacial score (nSPS) is 26.1. The minimum absolute atomic E-state index is 0.0961. The Bertz CT molecular complexity index is 574. The maximum absolute atomic E-state index is 12.8. The summed E-state index contributed by atoms with van der Waals surface area (Å²) in [4.78, 5) is 12.8. The third kappa shape index (κ3) is 4.46. The molecule has 1 fully saturated rings. The third-order valence-corrected chi connectivity index (χ3v) is 4.20. The van der Waals surface area contributed by atoms with E-state index in [0.717, 1.165) is 5.56 Å². The van der Waals surface area contributed by atoms with E-state index in [-0.39, 0.29) is 18.1 Å². The highest BCUT2D eigenvalue weighted by atomic mass is 16.6. The van der Waals surface area contributed by atoms with Crippen LogP contribution in [0.5, 0.6) is 0 Å². The van der Waals surface area contributed by atoms with Crippen molar-refractivity contribution in [3.05, 3.63) is 48.6 Å². The Labute approximate surface area is 145 Å². The van der Waals surface area contributed by atoms with Gasteiger partial charge in [0.25, 0.3) is 0 Å². The number of carbonyl (C=O) groups excluding carboxylic acids is 1. The van der Waals surface area contributed by atoms with Gasteiger partial charge in [0.1, 0.15) is 11.5 Å². The summed E-state index contributed by atoms with van der Waals surface area (Å²) in [6.45, 7) is 14.0. The molecular formula is C20H29NO3. The third-order valence-electron chi connectivity index (χ3n) is 4.20. The van der Waals surface area contributed by atoms with E-state index in [2.05, 4.69) is 11.9 Å². The van der Waals surface area contributed by atoms with E-state index >= 15 is 0 Å². The Morgan fingerprint density at radius 3 is 2.46 bits per heavy atom. The van der Waals surface area contributed by atoms with E-state index in [1.54, 1.807) is 0 Å². The van der Waals surface area contributed by atoms with Gasteiger partial charge in [-0.15, -0.1) is 6.58 Å². The summed E-state index contributed by atoms with van der Waals surface area (Å²) in [5.41, 5.74) is 0.124. The molecule has 0 aliphatic carbocycles. The van der Waals surface area contributed by atoms with Crippen molar-refractivity contribution in [1.29, 1.82) is 0 Å². The van der Waals surface area contributed by atoms with Gasteiger partial charge in [-0.2, -0.15) is 0 Å². The van der Waals surface area contributed by atoms with Crippen LogP contribution in [0.3, 0.4) is 0 Å². The minimum Gasteiger partial charge on any atom is -0.460 e. The standard InChI is InChI=1S/C20H29NO3/c1-7-15-17(23-13-14-11-9-8-10-12-14)16(20(5,6)21-15)18(22)24-19(2,3)4/h7-12,15-17,21H,1,13H2,2-6H3/t15-,16?,17+/m1/s1. The van der Waals surface area contributed by atoms with Crippen molar-refractivity contribution in [2.45, 2.75) is 64.5 Å². The minimum atomic E-state index is -0.524. The number of carbonyl (C=O) groups is 1. The average molecular weight is 331 g/mol. The molecule has 24 heavy (non-hydrogen) atoms. The van der Waals surface area contributed by atoms with Crippen molar-refractivity contribution in [1.82, 2.24) is 5.32 Å². The molecule has 0 radical (unpaired) electrons. The molecular weight excluding hydrogens is 302 g/mol. The quantitative estimate of drug-likeness (QED) is 0.663. The van der Waals surface area contributed by atoms with Crippen LogP contribution in [0.15, 0.2) is 43.0 Å². The fourth-order valence-corrected chi connectivity index (χ4v) is 3.17. The average Bonchev–Trinajstić information content (AvgIpc) is 2.74. The van der Waals surface area contributed by atoms with Crippen LogP contribution in [-0.2, 0) is 20.9 Å². The first-order valence-electron chi connectivity index (χ1n) is 8.43. The molecule has 0 saturated carbocycles. The predicted molar refractivity (Wildman–Crippen MR) is 95.6 cm³/mol. The van der Waals surface area contributed by atoms with E-state index < -0.39 is 17.1 Å². The van der Waals surface area contributed by atoms with Crippen LogP contribution < -0.4 is 5.32 Å². The summed E-state index contributed by atoms with van der Waals surface area (Å²) < 4.78 is 11.8. The first-order chi connectivity index (χ1) is 11.1. The second kappa shape index (κ2) is 7.08. The Morgan fingerprint density at radius 2 is 1.92 bits per heavy atom. The zero-order valence-corrected chi connectivity index (χ0v) is 15.3. The summed E-state index contributed by atoms with van der Waals surface area (Å²) in [5, 5.41) is 3.44. The van der Waals surface area contributed by atoms with Crippen molar-refractivity contribution in [3.63, 3.8) is 0 Å². The highest BCUT2D eigenvalue weighted by Crippen LogP contribution is 2.35. The Morgan fingerprint density at radius 1 is 1.29 bits per heavy atom. The summed E-state index contributed by atoms with van der Waals surface area (Å²) in [6.07, 6.45) is 1.49. The molecule has 1 aromatic rings. The lowest BCUT2D eigenvalue weighted by Crippen LogP contribution is -2.46. The summed E-state index contributed by atoms with van der Waals surface area (Å²) in [7, 11) is 0. The van der Waals surface area contributed by atoms with E-state index in [1.807, 2.05) is 71.0 Å². The van der Waals surface area contributed by atoms with Crippen molar-refractivity contribution in [2.75, 3.05) is 0 Å². The van der Waals surface area contributed by atoms with Crippen molar-refractivity contribution in [2.24, 2.45) is 5.92 Å². The van der Waals surface area contributed by atoms with E-state index in [4.69, 9.17) is 9.47 Å². The predicted octanol–water partition coefficient (Wildman–Crippen LogP) is 3.47. The molecule has 3 atom stereocenters.